The third kappa shape index (κ3) is 3.27. The van der Waals surface area contributed by atoms with Gasteiger partial charge in [0.15, 0.2) is 5.69 Å². The van der Waals surface area contributed by atoms with E-state index in [9.17, 15) is 14.3 Å². The van der Waals surface area contributed by atoms with Gasteiger partial charge in [-0.1, -0.05) is 23.7 Å². The number of fused-ring (bicyclic) bond motifs is 1. The minimum absolute atomic E-state index is 0.0455. The Kier molecular flexibility index (Phi) is 4.33. The largest absolute Gasteiger partial charge is 0.477 e. The molecule has 0 amide bonds. The number of benzene rings is 1. The van der Waals surface area contributed by atoms with E-state index >= 15 is 0 Å². The molecule has 1 aromatic carbocycles. The number of carbonyl (C=O) groups is 1. The van der Waals surface area contributed by atoms with E-state index in [1.165, 1.54) is 18.2 Å². The number of nitrogens with zero attached hydrogens (tertiary/aromatic N) is 3. The summed E-state index contributed by atoms with van der Waals surface area (Å²) < 4.78 is 15.8. The highest BCUT2D eigenvalue weighted by Gasteiger charge is 2.16. The Morgan fingerprint density at radius 1 is 1.22 bits per heavy atom. The molecule has 0 fully saturated rings. The van der Waals surface area contributed by atoms with Crippen LogP contribution in [0.25, 0.3) is 22.2 Å². The van der Waals surface area contributed by atoms with Crippen molar-refractivity contribution in [1.82, 2.24) is 14.5 Å². The van der Waals surface area contributed by atoms with Gasteiger partial charge in [-0.2, -0.15) is 0 Å². The highest BCUT2D eigenvalue weighted by Crippen LogP contribution is 2.32. The summed E-state index contributed by atoms with van der Waals surface area (Å²) in [6.07, 6.45) is 5.24. The van der Waals surface area contributed by atoms with Gasteiger partial charge < -0.3 is 9.67 Å². The first kappa shape index (κ1) is 17.2. The molecule has 0 spiro atoms. The van der Waals surface area contributed by atoms with Crippen molar-refractivity contribution in [2.24, 2.45) is 0 Å². The second-order valence-electron chi connectivity index (χ2n) is 6.03. The minimum atomic E-state index is -1.11. The second-order valence-corrected chi connectivity index (χ2v) is 6.44. The van der Waals surface area contributed by atoms with E-state index in [0.29, 0.717) is 17.8 Å². The number of halogens is 2. The molecule has 0 aliphatic rings. The molecule has 0 aliphatic carbocycles. The lowest BCUT2D eigenvalue weighted by Gasteiger charge is -2.04. The van der Waals surface area contributed by atoms with Gasteiger partial charge >= 0.3 is 5.97 Å². The summed E-state index contributed by atoms with van der Waals surface area (Å²) in [6, 6.07) is 11.4. The minimum Gasteiger partial charge on any atom is -0.477 e. The standard InChI is InChI=1S/C20H13ClFN3O2/c21-16-5-3-13(8-17(16)22)15-11-25(10-12-2-1-7-23-9-12)19-14(15)4-6-18(24-19)20(26)27/h1-9,11H,10H2,(H,26,27). The molecule has 3 heterocycles. The monoisotopic (exact) mass is 381 g/mol. The van der Waals surface area contributed by atoms with Crippen molar-refractivity contribution < 1.29 is 14.3 Å². The predicted molar refractivity (Wildman–Crippen MR) is 100 cm³/mol. The second kappa shape index (κ2) is 6.81. The summed E-state index contributed by atoms with van der Waals surface area (Å²) in [6.45, 7) is 0.455. The molecule has 0 unspecified atom stereocenters. The number of carboxylic acid groups (broad SMARTS) is 1. The van der Waals surface area contributed by atoms with E-state index < -0.39 is 11.8 Å². The fraction of sp³-hybridized carbons (Fsp3) is 0.0500. The number of hydrogen-bond donors (Lipinski definition) is 1. The van der Waals surface area contributed by atoms with Crippen LogP contribution < -0.4 is 0 Å². The molecule has 27 heavy (non-hydrogen) atoms. The topological polar surface area (TPSA) is 68.0 Å². The smallest absolute Gasteiger partial charge is 0.354 e. The van der Waals surface area contributed by atoms with Crippen LogP contribution in [0, 0.1) is 5.82 Å². The van der Waals surface area contributed by atoms with Crippen LogP contribution in [0.5, 0.6) is 0 Å². The normalized spacial score (nSPS) is 11.0. The van der Waals surface area contributed by atoms with Gasteiger partial charge in [0.1, 0.15) is 11.5 Å². The lowest BCUT2D eigenvalue weighted by atomic mass is 10.1. The van der Waals surface area contributed by atoms with E-state index in [1.807, 2.05) is 22.9 Å². The Labute approximate surface area is 158 Å². The number of hydrogen-bond acceptors (Lipinski definition) is 3. The van der Waals surface area contributed by atoms with Gasteiger partial charge in [0.25, 0.3) is 0 Å². The first-order chi connectivity index (χ1) is 13.0. The van der Waals surface area contributed by atoms with Crippen molar-refractivity contribution in [3.8, 4) is 11.1 Å². The Morgan fingerprint density at radius 3 is 2.78 bits per heavy atom. The molecule has 0 saturated heterocycles. The molecule has 134 valence electrons. The number of aromatic nitrogens is 3. The predicted octanol–water partition coefficient (Wildman–Crippen LogP) is 4.64. The van der Waals surface area contributed by atoms with Crippen molar-refractivity contribution in [1.29, 1.82) is 0 Å². The zero-order valence-electron chi connectivity index (χ0n) is 13.9. The lowest BCUT2D eigenvalue weighted by Crippen LogP contribution is -2.04. The summed E-state index contributed by atoms with van der Waals surface area (Å²) >= 11 is 5.79. The summed E-state index contributed by atoms with van der Waals surface area (Å²) in [4.78, 5) is 19.7. The van der Waals surface area contributed by atoms with Crippen LogP contribution in [-0.2, 0) is 6.54 Å². The average Bonchev–Trinajstić information content (AvgIpc) is 3.02. The Hall–Kier alpha value is -3.25. The molecule has 0 bridgehead atoms. The van der Waals surface area contributed by atoms with Crippen molar-refractivity contribution in [3.05, 3.63) is 83.2 Å². The van der Waals surface area contributed by atoms with Crippen molar-refractivity contribution in [3.63, 3.8) is 0 Å². The highest BCUT2D eigenvalue weighted by atomic mass is 35.5. The van der Waals surface area contributed by atoms with Crippen molar-refractivity contribution in [2.45, 2.75) is 6.54 Å². The molecule has 1 N–H and O–H groups in total. The summed E-state index contributed by atoms with van der Waals surface area (Å²) in [5.41, 5.74) is 2.77. The van der Waals surface area contributed by atoms with Gasteiger partial charge in [-0.25, -0.2) is 14.2 Å². The van der Waals surface area contributed by atoms with Crippen LogP contribution in [0.15, 0.2) is 61.1 Å². The van der Waals surface area contributed by atoms with Crippen LogP contribution in [0.1, 0.15) is 16.1 Å². The summed E-state index contributed by atoms with van der Waals surface area (Å²) in [7, 11) is 0. The quantitative estimate of drug-likeness (QED) is 0.559. The van der Waals surface area contributed by atoms with Gasteiger partial charge in [-0.15, -0.1) is 0 Å². The van der Waals surface area contributed by atoms with Gasteiger partial charge in [0, 0.05) is 29.5 Å². The van der Waals surface area contributed by atoms with Crippen LogP contribution >= 0.6 is 11.6 Å². The number of carboxylic acids is 1. The summed E-state index contributed by atoms with van der Waals surface area (Å²) in [5.74, 6) is -1.62. The third-order valence-corrected chi connectivity index (χ3v) is 4.55. The van der Waals surface area contributed by atoms with Crippen LogP contribution in [0.4, 0.5) is 4.39 Å². The molecular weight excluding hydrogens is 369 g/mol. The molecule has 4 rings (SSSR count). The first-order valence-electron chi connectivity index (χ1n) is 8.10. The zero-order valence-corrected chi connectivity index (χ0v) is 14.7. The van der Waals surface area contributed by atoms with Crippen LogP contribution in [-0.4, -0.2) is 25.6 Å². The van der Waals surface area contributed by atoms with E-state index in [-0.39, 0.29) is 10.7 Å². The van der Waals surface area contributed by atoms with Crippen LogP contribution in [0.2, 0.25) is 5.02 Å². The molecule has 0 atom stereocenters. The van der Waals surface area contributed by atoms with Crippen molar-refractivity contribution >= 4 is 28.6 Å². The van der Waals surface area contributed by atoms with E-state index in [2.05, 4.69) is 9.97 Å². The molecule has 7 heteroatoms. The molecule has 0 saturated carbocycles. The molecule has 4 aromatic rings. The summed E-state index contributed by atoms with van der Waals surface area (Å²) in [5, 5.41) is 10.0. The average molecular weight is 382 g/mol. The number of aromatic carboxylic acids is 1. The maximum atomic E-state index is 13.9. The van der Waals surface area contributed by atoms with E-state index in [4.69, 9.17) is 11.6 Å². The fourth-order valence-corrected chi connectivity index (χ4v) is 3.10. The number of rotatable bonds is 4. The van der Waals surface area contributed by atoms with Gasteiger partial charge in [0.2, 0.25) is 0 Å². The molecule has 0 radical (unpaired) electrons. The zero-order chi connectivity index (χ0) is 19.0. The van der Waals surface area contributed by atoms with Crippen LogP contribution in [0.3, 0.4) is 0 Å². The maximum absolute atomic E-state index is 13.9. The molecule has 5 nitrogen and oxygen atoms in total. The van der Waals surface area contributed by atoms with Crippen molar-refractivity contribution in [2.75, 3.05) is 0 Å². The van der Waals surface area contributed by atoms with Gasteiger partial charge in [-0.05, 0) is 41.5 Å². The van der Waals surface area contributed by atoms with E-state index in [1.54, 1.807) is 24.5 Å². The van der Waals surface area contributed by atoms with Gasteiger partial charge in [0.05, 0.1) is 11.6 Å². The fourth-order valence-electron chi connectivity index (χ4n) is 2.99. The highest BCUT2D eigenvalue weighted by molar-refractivity contribution is 6.30. The molecule has 3 aromatic heterocycles. The number of pyridine rings is 2. The Morgan fingerprint density at radius 2 is 2.07 bits per heavy atom. The third-order valence-electron chi connectivity index (χ3n) is 4.25. The van der Waals surface area contributed by atoms with Gasteiger partial charge in [-0.3, -0.25) is 4.98 Å². The molecular formula is C20H13ClFN3O2. The lowest BCUT2D eigenvalue weighted by molar-refractivity contribution is 0.0691. The SMILES string of the molecule is O=C(O)c1ccc2c(-c3ccc(Cl)c(F)c3)cn(Cc3cccnc3)c2n1. The molecule has 0 aliphatic heterocycles. The van der Waals surface area contributed by atoms with E-state index in [0.717, 1.165) is 16.5 Å². The Balaban J connectivity index is 1.91. The maximum Gasteiger partial charge on any atom is 0.354 e. The first-order valence-corrected chi connectivity index (χ1v) is 8.48. The Bertz CT molecular complexity index is 1160.